The largest absolute Gasteiger partial charge is 0.411 e. The zero-order valence-electron chi connectivity index (χ0n) is 11.8. The number of sulfonamides is 1. The molecule has 0 amide bonds. The molecule has 0 bridgehead atoms. The summed E-state index contributed by atoms with van der Waals surface area (Å²) in [5, 5.41) is 13.6. The molecule has 0 radical (unpaired) electrons. The van der Waals surface area contributed by atoms with Crippen LogP contribution in [0.3, 0.4) is 0 Å². The molecule has 1 aromatic heterocycles. The molecule has 0 atom stereocenters. The first-order valence-electron chi connectivity index (χ1n) is 6.08. The minimum absolute atomic E-state index is 0.190. The van der Waals surface area contributed by atoms with E-state index >= 15 is 0 Å². The van der Waals surface area contributed by atoms with Gasteiger partial charge in [-0.25, -0.2) is 13.4 Å². The first-order chi connectivity index (χ1) is 9.83. The van der Waals surface area contributed by atoms with Crippen LogP contribution in [-0.2, 0) is 10.0 Å². The maximum atomic E-state index is 12.3. The molecule has 0 aliphatic rings. The molecule has 0 saturated heterocycles. The molecule has 1 aromatic carbocycles. The zero-order chi connectivity index (χ0) is 15.6. The fraction of sp³-hybridized carbons (Fsp3) is 0.231. The lowest BCUT2D eigenvalue weighted by Crippen LogP contribution is -2.13. The van der Waals surface area contributed by atoms with Crippen molar-refractivity contribution < 1.29 is 13.6 Å². The normalized spacial score (nSPS) is 12.4. The molecular formula is C13H15N3O3S2. The molecule has 0 fully saturated rings. The Bertz CT molecular complexity index is 795. The summed E-state index contributed by atoms with van der Waals surface area (Å²) < 4.78 is 27.0. The van der Waals surface area contributed by atoms with E-state index in [-0.39, 0.29) is 10.0 Å². The van der Waals surface area contributed by atoms with Gasteiger partial charge in [0.15, 0.2) is 5.13 Å². The van der Waals surface area contributed by atoms with E-state index in [0.717, 1.165) is 22.5 Å². The van der Waals surface area contributed by atoms with Crippen molar-refractivity contribution in [3.05, 3.63) is 40.4 Å². The fourth-order valence-electron chi connectivity index (χ4n) is 1.59. The molecule has 0 saturated carbocycles. The van der Waals surface area contributed by atoms with Gasteiger partial charge in [-0.2, -0.15) is 0 Å². The van der Waals surface area contributed by atoms with Crippen molar-refractivity contribution in [3.63, 3.8) is 0 Å². The summed E-state index contributed by atoms with van der Waals surface area (Å²) in [6.45, 7) is 5.36. The van der Waals surface area contributed by atoms with E-state index < -0.39 is 10.0 Å². The van der Waals surface area contributed by atoms with E-state index in [1.54, 1.807) is 30.5 Å². The van der Waals surface area contributed by atoms with Gasteiger partial charge in [0, 0.05) is 5.38 Å². The van der Waals surface area contributed by atoms with Crippen molar-refractivity contribution in [3.8, 4) is 0 Å². The number of benzene rings is 1. The average Bonchev–Trinajstić information content (AvgIpc) is 2.88. The lowest BCUT2D eigenvalue weighted by molar-refractivity contribution is 0.319. The Hall–Kier alpha value is -1.93. The van der Waals surface area contributed by atoms with Gasteiger partial charge < -0.3 is 5.21 Å². The summed E-state index contributed by atoms with van der Waals surface area (Å²) in [5.41, 5.74) is 2.68. The number of oxime groups is 1. The lowest BCUT2D eigenvalue weighted by Gasteiger charge is -2.07. The molecule has 21 heavy (non-hydrogen) atoms. The van der Waals surface area contributed by atoms with Crippen LogP contribution in [0.2, 0.25) is 0 Å². The number of thiazole rings is 1. The first-order valence-corrected chi connectivity index (χ1v) is 8.44. The second kappa shape index (κ2) is 5.82. The van der Waals surface area contributed by atoms with Gasteiger partial charge in [0.05, 0.1) is 4.90 Å². The van der Waals surface area contributed by atoms with Crippen LogP contribution in [0.1, 0.15) is 23.7 Å². The highest BCUT2D eigenvalue weighted by Crippen LogP contribution is 2.22. The first kappa shape index (κ1) is 15.5. The Morgan fingerprint density at radius 3 is 2.67 bits per heavy atom. The van der Waals surface area contributed by atoms with Gasteiger partial charge in [-0.15, -0.1) is 11.3 Å². The van der Waals surface area contributed by atoms with Crippen LogP contribution >= 0.6 is 11.3 Å². The third-order valence-electron chi connectivity index (χ3n) is 3.04. The molecular weight excluding hydrogens is 310 g/mol. The Morgan fingerprint density at radius 2 is 2.05 bits per heavy atom. The summed E-state index contributed by atoms with van der Waals surface area (Å²) in [5.74, 6) is 0. The highest BCUT2D eigenvalue weighted by molar-refractivity contribution is 7.93. The second-order valence-electron chi connectivity index (χ2n) is 4.57. The summed E-state index contributed by atoms with van der Waals surface area (Å²) in [7, 11) is -3.68. The van der Waals surface area contributed by atoms with Gasteiger partial charge in [-0.3, -0.25) is 4.72 Å². The molecule has 0 aliphatic heterocycles. The quantitative estimate of drug-likeness (QED) is 0.513. The average molecular weight is 325 g/mol. The summed E-state index contributed by atoms with van der Waals surface area (Å²) in [4.78, 5) is 4.26. The van der Waals surface area contributed by atoms with Crippen LogP contribution in [0.4, 0.5) is 5.13 Å². The Kier molecular flexibility index (Phi) is 4.29. The third-order valence-corrected chi connectivity index (χ3v) is 5.26. The minimum atomic E-state index is -3.68. The van der Waals surface area contributed by atoms with E-state index in [1.165, 1.54) is 0 Å². The van der Waals surface area contributed by atoms with E-state index in [1.807, 2.05) is 13.8 Å². The smallest absolute Gasteiger partial charge is 0.263 e. The molecule has 8 heteroatoms. The number of hydrogen-bond donors (Lipinski definition) is 2. The summed E-state index contributed by atoms with van der Waals surface area (Å²) in [6.07, 6.45) is 0. The van der Waals surface area contributed by atoms with Crippen LogP contribution in [0, 0.1) is 13.8 Å². The van der Waals surface area contributed by atoms with Crippen molar-refractivity contribution in [1.82, 2.24) is 4.98 Å². The third kappa shape index (κ3) is 3.40. The number of aromatic nitrogens is 1. The topological polar surface area (TPSA) is 91.7 Å². The Labute approximate surface area is 127 Å². The predicted molar refractivity (Wildman–Crippen MR) is 82.8 cm³/mol. The molecule has 112 valence electrons. The van der Waals surface area contributed by atoms with Crippen LogP contribution in [0.15, 0.2) is 33.6 Å². The maximum Gasteiger partial charge on any atom is 0.263 e. The summed E-state index contributed by atoms with van der Waals surface area (Å²) >= 11 is 1.13. The number of rotatable bonds is 4. The molecule has 2 N–H and O–H groups in total. The maximum absolute atomic E-state index is 12.3. The fourth-order valence-corrected chi connectivity index (χ4v) is 3.68. The predicted octanol–water partition coefficient (Wildman–Crippen LogP) is 2.76. The van der Waals surface area contributed by atoms with Crippen LogP contribution in [0.25, 0.3) is 0 Å². The van der Waals surface area contributed by atoms with Gasteiger partial charge in [0.25, 0.3) is 10.0 Å². The van der Waals surface area contributed by atoms with Gasteiger partial charge in [-0.1, -0.05) is 11.2 Å². The van der Waals surface area contributed by atoms with Crippen molar-refractivity contribution in [2.75, 3.05) is 4.72 Å². The number of aryl methyl sites for hydroxylation is 2. The van der Waals surface area contributed by atoms with Gasteiger partial charge >= 0.3 is 0 Å². The summed E-state index contributed by atoms with van der Waals surface area (Å²) in [6, 6.07) is 4.94. The SMILES string of the molecule is CC(=NO)c1csc(NS(=O)(=O)c2ccc(C)c(C)c2)n1. The Morgan fingerprint density at radius 1 is 1.33 bits per heavy atom. The molecule has 0 aliphatic carbocycles. The highest BCUT2D eigenvalue weighted by atomic mass is 32.2. The molecule has 0 unspecified atom stereocenters. The lowest BCUT2D eigenvalue weighted by atomic mass is 10.1. The molecule has 1 heterocycles. The highest BCUT2D eigenvalue weighted by Gasteiger charge is 2.17. The van der Waals surface area contributed by atoms with Gasteiger partial charge in [0.1, 0.15) is 11.4 Å². The molecule has 0 spiro atoms. The van der Waals surface area contributed by atoms with Crippen LogP contribution in [-0.4, -0.2) is 24.3 Å². The van der Waals surface area contributed by atoms with Gasteiger partial charge in [0.2, 0.25) is 0 Å². The standard InChI is InChI=1S/C13H15N3O3S2/c1-8-4-5-11(6-9(8)2)21(18,19)16-13-14-12(7-20-13)10(3)15-17/h4-7,17H,1-3H3,(H,14,16). The van der Waals surface area contributed by atoms with Crippen molar-refractivity contribution >= 4 is 32.2 Å². The molecule has 6 nitrogen and oxygen atoms in total. The minimum Gasteiger partial charge on any atom is -0.411 e. The van der Waals surface area contributed by atoms with Gasteiger partial charge in [-0.05, 0) is 44.0 Å². The van der Waals surface area contributed by atoms with E-state index in [4.69, 9.17) is 5.21 Å². The van der Waals surface area contributed by atoms with Crippen molar-refractivity contribution in [2.45, 2.75) is 25.7 Å². The van der Waals surface area contributed by atoms with Crippen LogP contribution in [0.5, 0.6) is 0 Å². The monoisotopic (exact) mass is 325 g/mol. The Balaban J connectivity index is 2.29. The number of nitrogens with one attached hydrogen (secondary N) is 1. The number of anilines is 1. The molecule has 2 rings (SSSR count). The number of nitrogens with zero attached hydrogens (tertiary/aromatic N) is 2. The zero-order valence-corrected chi connectivity index (χ0v) is 13.4. The van der Waals surface area contributed by atoms with E-state index in [0.29, 0.717) is 11.4 Å². The number of hydrogen-bond acceptors (Lipinski definition) is 6. The van der Waals surface area contributed by atoms with E-state index in [2.05, 4.69) is 14.9 Å². The van der Waals surface area contributed by atoms with E-state index in [9.17, 15) is 8.42 Å². The van der Waals surface area contributed by atoms with Crippen LogP contribution < -0.4 is 4.72 Å². The van der Waals surface area contributed by atoms with Crippen molar-refractivity contribution in [1.29, 1.82) is 0 Å². The van der Waals surface area contributed by atoms with Crippen molar-refractivity contribution in [2.24, 2.45) is 5.16 Å². The second-order valence-corrected chi connectivity index (χ2v) is 7.12. The molecule has 2 aromatic rings.